The third-order valence-corrected chi connectivity index (χ3v) is 8.56. The van der Waals surface area contributed by atoms with Crippen LogP contribution in [0.5, 0.6) is 0 Å². The summed E-state index contributed by atoms with van der Waals surface area (Å²) in [6, 6.07) is 23.5. The summed E-state index contributed by atoms with van der Waals surface area (Å²) in [7, 11) is 0. The summed E-state index contributed by atoms with van der Waals surface area (Å²) in [4.78, 5) is 14.9. The first-order chi connectivity index (χ1) is 15.8. The number of pyridine rings is 1. The summed E-state index contributed by atoms with van der Waals surface area (Å²) >= 11 is 0.364. The summed E-state index contributed by atoms with van der Waals surface area (Å²) < 4.78 is 2.94. The quantitative estimate of drug-likeness (QED) is 0.0919. The second kappa shape index (κ2) is 9.24. The fourth-order valence-corrected chi connectivity index (χ4v) is 7.31. The number of aliphatic hydroxyl groups excluding tert-OH is 1. The zero-order valence-electron chi connectivity index (χ0n) is 19.4. The number of benzene rings is 3. The Morgan fingerprint density at radius 2 is 1.76 bits per heavy atom. The third kappa shape index (κ3) is 3.97. The van der Waals surface area contributed by atoms with Crippen molar-refractivity contribution >= 4 is 50.4 Å². The predicted octanol–water partition coefficient (Wildman–Crippen LogP) is 6.74. The molecule has 0 fully saturated rings. The summed E-state index contributed by atoms with van der Waals surface area (Å²) in [5.41, 5.74) is 4.96. The molecule has 0 aliphatic heterocycles. The molecule has 3 nitrogen and oxygen atoms in total. The van der Waals surface area contributed by atoms with Crippen molar-refractivity contribution in [2.75, 3.05) is 0 Å². The van der Waals surface area contributed by atoms with Gasteiger partial charge in [0.1, 0.15) is 0 Å². The minimum absolute atomic E-state index is 0. The average Bonchev–Trinajstić information content (AvgIpc) is 3.12. The Morgan fingerprint density at radius 1 is 1.03 bits per heavy atom. The number of carbonyl (C=O) groups is 1. The Hall–Kier alpha value is -2.55. The van der Waals surface area contributed by atoms with Gasteiger partial charge < -0.3 is 5.11 Å². The van der Waals surface area contributed by atoms with Gasteiger partial charge in [-0.15, -0.1) is 0 Å². The van der Waals surface area contributed by atoms with Crippen LogP contribution < -0.4 is 0 Å². The van der Waals surface area contributed by atoms with Gasteiger partial charge in [-0.3, -0.25) is 4.79 Å². The molecule has 0 unspecified atom stereocenters. The van der Waals surface area contributed by atoms with Crippen molar-refractivity contribution in [3.05, 3.63) is 89.8 Å². The van der Waals surface area contributed by atoms with Gasteiger partial charge in [-0.2, -0.15) is 0 Å². The van der Waals surface area contributed by atoms with Crippen LogP contribution in [0.3, 0.4) is 0 Å². The van der Waals surface area contributed by atoms with Crippen LogP contribution in [-0.4, -0.2) is 30.4 Å². The molecule has 3 aromatic carbocycles. The Bertz CT molecular complexity index is 1590. The van der Waals surface area contributed by atoms with Crippen LogP contribution in [0.1, 0.15) is 38.8 Å². The molecule has 6 rings (SSSR count). The minimum atomic E-state index is -0.125. The van der Waals surface area contributed by atoms with E-state index in [2.05, 4.69) is 74.5 Å². The fraction of sp³-hybridized carbons (Fsp3) is 0.172. The molecular weight excluding hydrogens is 666 g/mol. The van der Waals surface area contributed by atoms with Crippen LogP contribution in [0.2, 0.25) is 0 Å². The van der Waals surface area contributed by atoms with E-state index in [4.69, 9.17) is 10.1 Å². The number of hydrogen-bond donors (Lipinski definition) is 1. The molecule has 5 aromatic rings. The molecule has 1 N–H and O–H groups in total. The molecule has 1 aliphatic carbocycles. The Morgan fingerprint density at radius 3 is 2.47 bits per heavy atom. The average molecular weight is 690 g/mol. The summed E-state index contributed by atoms with van der Waals surface area (Å²) in [6.45, 7) is 7.57. The zero-order valence-corrected chi connectivity index (χ0v) is 23.5. The van der Waals surface area contributed by atoms with E-state index < -0.39 is 0 Å². The molecule has 0 saturated heterocycles. The van der Waals surface area contributed by atoms with Crippen molar-refractivity contribution in [1.29, 1.82) is 0 Å². The van der Waals surface area contributed by atoms with Crippen molar-refractivity contribution in [2.45, 2.75) is 33.1 Å². The van der Waals surface area contributed by atoms with Crippen molar-refractivity contribution in [2.24, 2.45) is 0 Å². The van der Waals surface area contributed by atoms with Crippen molar-refractivity contribution < 1.29 is 30.0 Å². The molecule has 2 aromatic heterocycles. The van der Waals surface area contributed by atoms with Crippen molar-refractivity contribution in [1.82, 2.24) is 4.98 Å². The molecule has 34 heavy (non-hydrogen) atoms. The monoisotopic (exact) mass is 691 g/mol. The van der Waals surface area contributed by atoms with Crippen LogP contribution in [0.25, 0.3) is 41.3 Å². The number of carbonyl (C=O) groups excluding carboxylic acids is 1. The molecule has 0 spiro atoms. The Balaban J connectivity index is 0.000000303. The second-order valence-electron chi connectivity index (χ2n) is 8.96. The normalized spacial score (nSPS) is 13.7. The van der Waals surface area contributed by atoms with Crippen LogP contribution in [0, 0.1) is 6.07 Å². The number of ketones is 1. The first-order valence-electron chi connectivity index (χ1n) is 10.9. The van der Waals surface area contributed by atoms with E-state index in [1.807, 2.05) is 6.20 Å². The maximum Gasteiger partial charge on any atom is 0 e. The molecule has 0 bridgehead atoms. The van der Waals surface area contributed by atoms with E-state index in [9.17, 15) is 4.79 Å². The molecule has 1 radical (unpaired) electrons. The first-order valence-corrected chi connectivity index (χ1v) is 12.6. The molecule has 0 atom stereocenters. The van der Waals surface area contributed by atoms with E-state index in [-0.39, 0.29) is 37.1 Å². The summed E-state index contributed by atoms with van der Waals surface area (Å²) in [5.74, 6) is -0.0625. The maximum absolute atomic E-state index is 10.0. The van der Waals surface area contributed by atoms with Crippen LogP contribution >= 0.6 is 0 Å². The van der Waals surface area contributed by atoms with Gasteiger partial charge in [-0.05, 0) is 13.8 Å². The van der Waals surface area contributed by atoms with Crippen molar-refractivity contribution in [3.63, 3.8) is 0 Å². The van der Waals surface area contributed by atoms with E-state index in [0.29, 0.717) is 14.5 Å². The number of nitrogens with zero attached hydrogens (tertiary/aromatic N) is 1. The van der Waals surface area contributed by atoms with E-state index >= 15 is 0 Å². The first kappa shape index (κ1) is 24.6. The molecule has 5 heteroatoms. The number of aromatic nitrogens is 1. The van der Waals surface area contributed by atoms with Gasteiger partial charge in [0.05, 0.1) is 5.76 Å². The van der Waals surface area contributed by atoms with Crippen LogP contribution in [0.15, 0.2) is 72.6 Å². The Labute approximate surface area is 218 Å². The Kier molecular flexibility index (Phi) is 6.68. The van der Waals surface area contributed by atoms with Gasteiger partial charge in [0, 0.05) is 26.2 Å². The maximum atomic E-state index is 10.0. The number of aliphatic hydroxyl groups is 1. The second-order valence-corrected chi connectivity index (χ2v) is 11.2. The zero-order chi connectivity index (χ0) is 23.3. The van der Waals surface area contributed by atoms with Gasteiger partial charge >= 0.3 is 158 Å². The summed E-state index contributed by atoms with van der Waals surface area (Å²) in [6.07, 6.45) is 3.15. The van der Waals surface area contributed by atoms with Gasteiger partial charge in [0.15, 0.2) is 5.78 Å². The largest absolute Gasteiger partial charge is 0 e. The van der Waals surface area contributed by atoms with Crippen LogP contribution in [-0.2, 0) is 30.3 Å². The summed E-state index contributed by atoms with van der Waals surface area (Å²) in [5, 5.41) is 13.7. The smallest absolute Gasteiger partial charge is 0 e. The minimum Gasteiger partial charge on any atom is 0 e. The third-order valence-electron chi connectivity index (χ3n) is 6.21. The van der Waals surface area contributed by atoms with Crippen molar-refractivity contribution in [3.8, 4) is 11.3 Å². The number of allylic oxidation sites excluding steroid dienone is 2. The molecule has 2 heterocycles. The van der Waals surface area contributed by atoms with Gasteiger partial charge in [0.2, 0.25) is 0 Å². The molecular formula is C29H24IrNO2Se-. The predicted molar refractivity (Wildman–Crippen MR) is 137 cm³/mol. The number of fused-ring (bicyclic) bond motifs is 4. The molecule has 0 saturated carbocycles. The van der Waals surface area contributed by atoms with Gasteiger partial charge in [-0.1, -0.05) is 0 Å². The molecule has 0 amide bonds. The molecule has 1 aliphatic rings. The fourth-order valence-electron chi connectivity index (χ4n) is 4.95. The van der Waals surface area contributed by atoms with Gasteiger partial charge in [0.25, 0.3) is 0 Å². The van der Waals surface area contributed by atoms with E-state index in [1.165, 1.54) is 66.7 Å². The topological polar surface area (TPSA) is 50.2 Å². The number of hydrogen-bond acceptors (Lipinski definition) is 3. The van der Waals surface area contributed by atoms with E-state index in [1.54, 1.807) is 0 Å². The molecule has 173 valence electrons. The van der Waals surface area contributed by atoms with Gasteiger partial charge in [-0.25, -0.2) is 0 Å². The standard InChI is InChI=1S/C24H16NSe.C5H8O2.Ir/c1-24(2)17-8-5-9-18-20(17)21-19(26-18)12-13-25-23(21)16-11-10-14-6-3-4-7-15(14)22(16)24;1-4(6)3-5(2)7;/h3-10,12-13H,1-2H3;3,6H,1-2H3;/q-1;;/b;4-3-;. The SMILES string of the molecule is CC(=O)/C=C(/C)O.CC1(C)c2c([c-]cc3ccccc23)-c2nccc3[se]c4cccc1c4c23.[Ir]. The number of rotatable bonds is 1. The van der Waals surface area contributed by atoms with E-state index in [0.717, 1.165) is 5.69 Å². The van der Waals surface area contributed by atoms with Crippen LogP contribution in [0.4, 0.5) is 0 Å².